The third-order valence-electron chi connectivity index (χ3n) is 5.91. The molecule has 34 heavy (non-hydrogen) atoms. The van der Waals surface area contributed by atoms with Gasteiger partial charge in [0, 0.05) is 50.2 Å². The summed E-state index contributed by atoms with van der Waals surface area (Å²) in [6, 6.07) is 11.5. The van der Waals surface area contributed by atoms with Crippen LogP contribution in [0.1, 0.15) is 5.56 Å². The molecule has 0 atom stereocenters. The molecule has 0 unspecified atom stereocenters. The fourth-order valence-electron chi connectivity index (χ4n) is 4.19. The first-order chi connectivity index (χ1) is 16.6. The van der Waals surface area contributed by atoms with Gasteiger partial charge in [-0.1, -0.05) is 0 Å². The minimum atomic E-state index is -0.619. The van der Waals surface area contributed by atoms with Gasteiger partial charge in [-0.2, -0.15) is 4.98 Å². The van der Waals surface area contributed by atoms with E-state index in [1.165, 1.54) is 12.1 Å². The normalized spacial score (nSPS) is 14.6. The number of piperazine rings is 1. The van der Waals surface area contributed by atoms with Gasteiger partial charge in [0.05, 0.1) is 25.7 Å². The van der Waals surface area contributed by atoms with Crippen LogP contribution in [0.15, 0.2) is 55.0 Å². The van der Waals surface area contributed by atoms with E-state index in [1.807, 2.05) is 12.1 Å². The van der Waals surface area contributed by atoms with E-state index in [1.54, 1.807) is 17.1 Å². The van der Waals surface area contributed by atoms with Gasteiger partial charge in [0.25, 0.3) is 0 Å². The van der Waals surface area contributed by atoms with Gasteiger partial charge in [0.15, 0.2) is 5.65 Å². The molecule has 8 nitrogen and oxygen atoms in total. The van der Waals surface area contributed by atoms with Gasteiger partial charge in [-0.3, -0.25) is 4.90 Å². The van der Waals surface area contributed by atoms with Crippen molar-refractivity contribution in [3.05, 3.63) is 72.2 Å². The molecular weight excluding hydrogens is 440 g/mol. The van der Waals surface area contributed by atoms with E-state index < -0.39 is 11.6 Å². The van der Waals surface area contributed by atoms with E-state index in [-0.39, 0.29) is 13.2 Å². The standard InChI is InChI=1S/C24H25F2N7O/c25-18-11-17(12-19(26)13-18)15-33-16-28-22-14-27-24(30-23(22)33)29-20-1-3-21(4-2-20)32-7-5-31(6-8-32)9-10-34/h1-4,11-14,16,34H,5-10,15H2,(H,27,29,30). The van der Waals surface area contributed by atoms with Crippen molar-refractivity contribution in [1.82, 2.24) is 24.4 Å². The third kappa shape index (κ3) is 4.97. The molecule has 0 spiro atoms. The Kier molecular flexibility index (Phi) is 6.33. The van der Waals surface area contributed by atoms with Gasteiger partial charge in [0.1, 0.15) is 17.2 Å². The van der Waals surface area contributed by atoms with Crippen LogP contribution in [0.5, 0.6) is 0 Å². The number of aliphatic hydroxyl groups is 1. The minimum Gasteiger partial charge on any atom is -0.395 e. The van der Waals surface area contributed by atoms with Crippen molar-refractivity contribution >= 4 is 28.5 Å². The van der Waals surface area contributed by atoms with Crippen LogP contribution in [0.4, 0.5) is 26.1 Å². The number of aliphatic hydroxyl groups excluding tert-OH is 1. The van der Waals surface area contributed by atoms with E-state index in [0.29, 0.717) is 22.7 Å². The molecule has 3 heterocycles. The fraction of sp³-hybridized carbons (Fsp3) is 0.292. The third-order valence-corrected chi connectivity index (χ3v) is 5.91. The van der Waals surface area contributed by atoms with Crippen molar-refractivity contribution in [2.75, 3.05) is 49.5 Å². The number of fused-ring (bicyclic) bond motifs is 1. The summed E-state index contributed by atoms with van der Waals surface area (Å²) >= 11 is 0. The van der Waals surface area contributed by atoms with Gasteiger partial charge in [-0.25, -0.2) is 18.7 Å². The number of aromatic nitrogens is 4. The molecule has 0 amide bonds. The van der Waals surface area contributed by atoms with Gasteiger partial charge in [-0.05, 0) is 42.0 Å². The molecule has 2 N–H and O–H groups in total. The number of benzene rings is 2. The Bertz CT molecular complexity index is 1250. The van der Waals surface area contributed by atoms with Crippen LogP contribution in [-0.2, 0) is 6.54 Å². The summed E-state index contributed by atoms with van der Waals surface area (Å²) in [6.45, 7) is 4.87. The highest BCUT2D eigenvalue weighted by Gasteiger charge is 2.16. The highest BCUT2D eigenvalue weighted by Crippen LogP contribution is 2.22. The summed E-state index contributed by atoms with van der Waals surface area (Å²) in [4.78, 5) is 17.8. The molecule has 176 valence electrons. The Labute approximate surface area is 195 Å². The SMILES string of the molecule is OCCN1CCN(c2ccc(Nc3ncc4ncn(Cc5cc(F)cc(F)c5)c4n3)cc2)CC1. The Morgan fingerprint density at radius 3 is 2.38 bits per heavy atom. The predicted molar refractivity (Wildman–Crippen MR) is 126 cm³/mol. The number of hydrogen-bond donors (Lipinski definition) is 2. The van der Waals surface area contributed by atoms with Crippen molar-refractivity contribution in [3.8, 4) is 0 Å². The molecule has 1 saturated heterocycles. The number of halogens is 2. The summed E-state index contributed by atoms with van der Waals surface area (Å²) in [5.74, 6) is -0.830. The quantitative estimate of drug-likeness (QED) is 0.434. The molecule has 2 aromatic heterocycles. The van der Waals surface area contributed by atoms with E-state index in [2.05, 4.69) is 42.2 Å². The molecule has 1 aliphatic heterocycles. The average molecular weight is 466 g/mol. The van der Waals surface area contributed by atoms with E-state index in [0.717, 1.165) is 50.2 Å². The number of nitrogens with one attached hydrogen (secondary N) is 1. The number of imidazole rings is 1. The summed E-state index contributed by atoms with van der Waals surface area (Å²) in [5, 5.41) is 12.3. The molecule has 0 radical (unpaired) electrons. The van der Waals surface area contributed by atoms with Crippen molar-refractivity contribution in [3.63, 3.8) is 0 Å². The molecule has 0 bridgehead atoms. The summed E-state index contributed by atoms with van der Waals surface area (Å²) in [6.07, 6.45) is 3.20. The zero-order chi connectivity index (χ0) is 23.5. The van der Waals surface area contributed by atoms with Crippen LogP contribution in [-0.4, -0.2) is 68.9 Å². The van der Waals surface area contributed by atoms with Crippen LogP contribution in [0, 0.1) is 11.6 Å². The largest absolute Gasteiger partial charge is 0.395 e. The second-order valence-corrected chi connectivity index (χ2v) is 8.28. The van der Waals surface area contributed by atoms with Crippen LogP contribution in [0.2, 0.25) is 0 Å². The maximum Gasteiger partial charge on any atom is 0.229 e. The van der Waals surface area contributed by atoms with Crippen molar-refractivity contribution in [2.24, 2.45) is 0 Å². The molecule has 4 aromatic rings. The second-order valence-electron chi connectivity index (χ2n) is 8.28. The molecule has 10 heteroatoms. The highest BCUT2D eigenvalue weighted by molar-refractivity contribution is 5.72. The first-order valence-corrected chi connectivity index (χ1v) is 11.2. The topological polar surface area (TPSA) is 82.3 Å². The zero-order valence-electron chi connectivity index (χ0n) is 18.5. The fourth-order valence-corrected chi connectivity index (χ4v) is 4.19. The van der Waals surface area contributed by atoms with Crippen molar-refractivity contribution in [1.29, 1.82) is 0 Å². The predicted octanol–water partition coefficient (Wildman–Crippen LogP) is 3.01. The van der Waals surface area contributed by atoms with Gasteiger partial charge >= 0.3 is 0 Å². The van der Waals surface area contributed by atoms with E-state index in [4.69, 9.17) is 5.11 Å². The number of hydrogen-bond acceptors (Lipinski definition) is 7. The van der Waals surface area contributed by atoms with Crippen molar-refractivity contribution in [2.45, 2.75) is 6.54 Å². The lowest BCUT2D eigenvalue weighted by atomic mass is 10.2. The second kappa shape index (κ2) is 9.70. The zero-order valence-corrected chi connectivity index (χ0v) is 18.5. The Hall–Kier alpha value is -3.63. The molecule has 0 aliphatic carbocycles. The van der Waals surface area contributed by atoms with Crippen LogP contribution in [0.3, 0.4) is 0 Å². The Balaban J connectivity index is 1.28. The number of rotatable bonds is 7. The smallest absolute Gasteiger partial charge is 0.229 e. The first kappa shape index (κ1) is 22.2. The van der Waals surface area contributed by atoms with Crippen LogP contribution >= 0.6 is 0 Å². The molecule has 0 saturated carbocycles. The number of nitrogens with zero attached hydrogens (tertiary/aromatic N) is 6. The molecule has 1 aliphatic rings. The lowest BCUT2D eigenvalue weighted by Gasteiger charge is -2.35. The van der Waals surface area contributed by atoms with E-state index in [9.17, 15) is 8.78 Å². The molecule has 5 rings (SSSR count). The molecular formula is C24H25F2N7O. The monoisotopic (exact) mass is 465 g/mol. The number of β-amino-alcohol motifs (C(OH)–C–C–N with tert-alkyl or cyclic N) is 1. The Morgan fingerprint density at radius 2 is 1.68 bits per heavy atom. The van der Waals surface area contributed by atoms with Crippen LogP contribution in [0.25, 0.3) is 11.2 Å². The maximum atomic E-state index is 13.6. The maximum absolute atomic E-state index is 13.6. The summed E-state index contributed by atoms with van der Waals surface area (Å²) in [5.41, 5.74) is 3.64. The van der Waals surface area contributed by atoms with E-state index >= 15 is 0 Å². The Morgan fingerprint density at radius 1 is 0.941 bits per heavy atom. The van der Waals surface area contributed by atoms with Gasteiger partial charge in [0.2, 0.25) is 5.95 Å². The lowest BCUT2D eigenvalue weighted by Crippen LogP contribution is -2.47. The summed E-state index contributed by atoms with van der Waals surface area (Å²) < 4.78 is 28.8. The van der Waals surface area contributed by atoms with Gasteiger partial charge < -0.3 is 19.9 Å². The lowest BCUT2D eigenvalue weighted by molar-refractivity contribution is 0.189. The average Bonchev–Trinajstić information content (AvgIpc) is 3.22. The summed E-state index contributed by atoms with van der Waals surface area (Å²) in [7, 11) is 0. The van der Waals surface area contributed by atoms with Crippen molar-refractivity contribution < 1.29 is 13.9 Å². The molecule has 1 fully saturated rings. The minimum absolute atomic E-state index is 0.193. The van der Waals surface area contributed by atoms with Gasteiger partial charge in [-0.15, -0.1) is 0 Å². The molecule has 2 aromatic carbocycles. The van der Waals surface area contributed by atoms with Crippen LogP contribution < -0.4 is 10.2 Å². The number of anilines is 3. The first-order valence-electron chi connectivity index (χ1n) is 11.2. The highest BCUT2D eigenvalue weighted by atomic mass is 19.1.